The Hall–Kier alpha value is -1.03. The van der Waals surface area contributed by atoms with Crippen molar-refractivity contribution in [2.24, 2.45) is 11.8 Å². The summed E-state index contributed by atoms with van der Waals surface area (Å²) in [5.74, 6) is 1.65. The molecule has 0 saturated heterocycles. The molecular weight excluding hydrogens is 204 g/mol. The van der Waals surface area contributed by atoms with Crippen LogP contribution in [0.1, 0.15) is 38.5 Å². The molecule has 1 aromatic heterocycles. The van der Waals surface area contributed by atoms with E-state index < -0.39 is 6.10 Å². The molecule has 1 N–H and O–H groups in total. The van der Waals surface area contributed by atoms with Gasteiger partial charge in [0.2, 0.25) is 0 Å². The lowest BCUT2D eigenvalue weighted by molar-refractivity contribution is 0.0938. The molecule has 2 atom stereocenters. The van der Waals surface area contributed by atoms with Gasteiger partial charge in [-0.3, -0.25) is 4.68 Å². The minimum Gasteiger partial charge on any atom is -0.493 e. The Kier molecular flexibility index (Phi) is 3.19. The standard InChI is InChI=1S/C12H20N2O2/c1-4-14-11(10(16-3)7-13-14)12(15)8(2)9-5-6-9/h7-9,12,15H,4-6H2,1-3H3. The summed E-state index contributed by atoms with van der Waals surface area (Å²) in [5.41, 5.74) is 0.824. The minimum absolute atomic E-state index is 0.288. The van der Waals surface area contributed by atoms with Gasteiger partial charge in [0.15, 0.2) is 5.75 Å². The summed E-state index contributed by atoms with van der Waals surface area (Å²) in [6.45, 7) is 4.88. The molecule has 4 nitrogen and oxygen atoms in total. The van der Waals surface area contributed by atoms with Gasteiger partial charge in [-0.15, -0.1) is 0 Å². The lowest BCUT2D eigenvalue weighted by Gasteiger charge is -2.20. The number of ether oxygens (including phenoxy) is 1. The van der Waals surface area contributed by atoms with Crippen LogP contribution in [0.15, 0.2) is 6.20 Å². The number of aliphatic hydroxyl groups excluding tert-OH is 1. The van der Waals surface area contributed by atoms with E-state index in [1.165, 1.54) is 12.8 Å². The van der Waals surface area contributed by atoms with Gasteiger partial charge < -0.3 is 9.84 Å². The molecule has 0 aliphatic heterocycles. The first-order valence-electron chi connectivity index (χ1n) is 5.96. The van der Waals surface area contributed by atoms with Crippen LogP contribution in [0.25, 0.3) is 0 Å². The largest absolute Gasteiger partial charge is 0.493 e. The molecule has 0 radical (unpaired) electrons. The molecule has 4 heteroatoms. The highest BCUT2D eigenvalue weighted by Gasteiger charge is 2.35. The van der Waals surface area contributed by atoms with Crippen molar-refractivity contribution in [3.8, 4) is 5.75 Å². The normalized spacial score (nSPS) is 19.5. The fourth-order valence-corrected chi connectivity index (χ4v) is 2.21. The fourth-order valence-electron chi connectivity index (χ4n) is 2.21. The van der Waals surface area contributed by atoms with Gasteiger partial charge in [-0.2, -0.15) is 5.10 Å². The Morgan fingerprint density at radius 2 is 2.31 bits per heavy atom. The zero-order valence-corrected chi connectivity index (χ0v) is 10.2. The first-order chi connectivity index (χ1) is 7.69. The summed E-state index contributed by atoms with van der Waals surface area (Å²) in [7, 11) is 1.62. The van der Waals surface area contributed by atoms with Crippen molar-refractivity contribution in [2.45, 2.75) is 39.3 Å². The fraction of sp³-hybridized carbons (Fsp3) is 0.750. The van der Waals surface area contributed by atoms with Crippen LogP contribution in [0.5, 0.6) is 5.75 Å². The van der Waals surface area contributed by atoms with E-state index in [0.29, 0.717) is 11.7 Å². The first-order valence-corrected chi connectivity index (χ1v) is 5.96. The van der Waals surface area contributed by atoms with E-state index in [1.54, 1.807) is 13.3 Å². The molecule has 2 rings (SSSR count). The highest BCUT2D eigenvalue weighted by atomic mass is 16.5. The zero-order chi connectivity index (χ0) is 11.7. The van der Waals surface area contributed by atoms with Gasteiger partial charge in [0, 0.05) is 6.54 Å². The number of methoxy groups -OCH3 is 1. The molecule has 1 saturated carbocycles. The van der Waals surface area contributed by atoms with Crippen LogP contribution in [0.2, 0.25) is 0 Å². The predicted molar refractivity (Wildman–Crippen MR) is 61.3 cm³/mol. The predicted octanol–water partition coefficient (Wildman–Crippen LogP) is 1.99. The van der Waals surface area contributed by atoms with Crippen molar-refractivity contribution in [1.29, 1.82) is 0 Å². The Morgan fingerprint density at radius 1 is 1.62 bits per heavy atom. The van der Waals surface area contributed by atoms with Gasteiger partial charge in [0.25, 0.3) is 0 Å². The summed E-state index contributed by atoms with van der Waals surface area (Å²) < 4.78 is 7.08. The quantitative estimate of drug-likeness (QED) is 0.832. The first kappa shape index (κ1) is 11.5. The molecule has 1 aliphatic carbocycles. The third-order valence-electron chi connectivity index (χ3n) is 3.51. The smallest absolute Gasteiger partial charge is 0.162 e. The molecule has 1 fully saturated rings. The van der Waals surface area contributed by atoms with Crippen LogP contribution in [-0.2, 0) is 6.54 Å². The highest BCUT2D eigenvalue weighted by Crippen LogP contribution is 2.44. The van der Waals surface area contributed by atoms with Gasteiger partial charge in [-0.25, -0.2) is 0 Å². The molecule has 0 spiro atoms. The SMILES string of the molecule is CCn1ncc(OC)c1C(O)C(C)C1CC1. The summed E-state index contributed by atoms with van der Waals surface area (Å²) in [5, 5.41) is 14.6. The number of aromatic nitrogens is 2. The summed E-state index contributed by atoms with van der Waals surface area (Å²) in [6, 6.07) is 0. The van der Waals surface area contributed by atoms with E-state index in [9.17, 15) is 5.11 Å². The van der Waals surface area contributed by atoms with Gasteiger partial charge in [0.1, 0.15) is 11.8 Å². The maximum absolute atomic E-state index is 10.4. The van der Waals surface area contributed by atoms with E-state index in [-0.39, 0.29) is 5.92 Å². The van der Waals surface area contributed by atoms with E-state index in [4.69, 9.17) is 4.74 Å². The summed E-state index contributed by atoms with van der Waals surface area (Å²) in [4.78, 5) is 0. The van der Waals surface area contributed by atoms with Crippen molar-refractivity contribution < 1.29 is 9.84 Å². The van der Waals surface area contributed by atoms with Crippen molar-refractivity contribution in [3.05, 3.63) is 11.9 Å². The number of nitrogens with zero attached hydrogens (tertiary/aromatic N) is 2. The van der Waals surface area contributed by atoms with E-state index in [1.807, 2.05) is 11.6 Å². The Balaban J connectivity index is 2.25. The van der Waals surface area contributed by atoms with Crippen LogP contribution in [0.3, 0.4) is 0 Å². The third kappa shape index (κ3) is 1.94. The van der Waals surface area contributed by atoms with Crippen LogP contribution < -0.4 is 4.74 Å². The molecule has 0 bridgehead atoms. The topological polar surface area (TPSA) is 47.3 Å². The Labute approximate surface area is 96.2 Å². The maximum Gasteiger partial charge on any atom is 0.162 e. The van der Waals surface area contributed by atoms with Crippen LogP contribution in [0.4, 0.5) is 0 Å². The summed E-state index contributed by atoms with van der Waals surface area (Å²) >= 11 is 0. The second kappa shape index (κ2) is 4.45. The van der Waals surface area contributed by atoms with Crippen molar-refractivity contribution >= 4 is 0 Å². The molecular formula is C12H20N2O2. The molecule has 2 unspecified atom stereocenters. The molecule has 1 heterocycles. The van der Waals surface area contributed by atoms with E-state index in [0.717, 1.165) is 12.2 Å². The van der Waals surface area contributed by atoms with Gasteiger partial charge in [0.05, 0.1) is 13.3 Å². The van der Waals surface area contributed by atoms with Crippen molar-refractivity contribution in [3.63, 3.8) is 0 Å². The molecule has 1 aromatic rings. The van der Waals surface area contributed by atoms with E-state index >= 15 is 0 Å². The van der Waals surface area contributed by atoms with Gasteiger partial charge in [-0.1, -0.05) is 6.92 Å². The summed E-state index contributed by atoms with van der Waals surface area (Å²) in [6.07, 6.45) is 3.69. The Morgan fingerprint density at radius 3 is 2.81 bits per heavy atom. The number of aliphatic hydroxyl groups is 1. The number of aryl methyl sites for hydroxylation is 1. The van der Waals surface area contributed by atoms with Crippen molar-refractivity contribution in [1.82, 2.24) is 9.78 Å². The van der Waals surface area contributed by atoms with Crippen molar-refractivity contribution in [2.75, 3.05) is 7.11 Å². The number of hydrogen-bond acceptors (Lipinski definition) is 3. The maximum atomic E-state index is 10.4. The molecule has 1 aliphatic rings. The second-order valence-electron chi connectivity index (χ2n) is 4.56. The lowest BCUT2D eigenvalue weighted by atomic mass is 9.96. The Bertz CT molecular complexity index is 336. The highest BCUT2D eigenvalue weighted by molar-refractivity contribution is 5.28. The van der Waals surface area contributed by atoms with Crippen LogP contribution in [-0.4, -0.2) is 22.0 Å². The average molecular weight is 224 g/mol. The number of hydrogen-bond donors (Lipinski definition) is 1. The number of rotatable bonds is 5. The minimum atomic E-state index is -0.468. The lowest BCUT2D eigenvalue weighted by Crippen LogP contribution is -2.16. The average Bonchev–Trinajstić information content (AvgIpc) is 3.06. The van der Waals surface area contributed by atoms with Gasteiger partial charge >= 0.3 is 0 Å². The molecule has 0 amide bonds. The monoisotopic (exact) mass is 224 g/mol. The molecule has 0 aromatic carbocycles. The molecule has 90 valence electrons. The van der Waals surface area contributed by atoms with Crippen LogP contribution >= 0.6 is 0 Å². The zero-order valence-electron chi connectivity index (χ0n) is 10.2. The second-order valence-corrected chi connectivity index (χ2v) is 4.56. The van der Waals surface area contributed by atoms with E-state index in [2.05, 4.69) is 12.0 Å². The van der Waals surface area contributed by atoms with Crippen LogP contribution in [0, 0.1) is 11.8 Å². The third-order valence-corrected chi connectivity index (χ3v) is 3.51. The van der Waals surface area contributed by atoms with Gasteiger partial charge in [-0.05, 0) is 31.6 Å². The molecule has 16 heavy (non-hydrogen) atoms.